The second kappa shape index (κ2) is 10.5. The van der Waals surface area contributed by atoms with Crippen LogP contribution in [0.25, 0.3) is 0 Å². The fourth-order valence-corrected chi connectivity index (χ4v) is 8.00. The monoisotopic (exact) mass is 593 g/mol. The molecule has 1 saturated heterocycles. The van der Waals surface area contributed by atoms with Crippen molar-refractivity contribution in [3.05, 3.63) is 28.3 Å². The van der Waals surface area contributed by atoms with E-state index in [1.54, 1.807) is 11.9 Å². The average molecular weight is 594 g/mol. The zero-order chi connectivity index (χ0) is 30.9. The molecule has 1 aromatic carbocycles. The summed E-state index contributed by atoms with van der Waals surface area (Å²) in [6, 6.07) is -0.925. The number of fused-ring (bicyclic) bond motifs is 3. The van der Waals surface area contributed by atoms with Crippen molar-refractivity contribution < 1.29 is 47.0 Å². The molecular weight excluding hydrogens is 559 g/mol. The van der Waals surface area contributed by atoms with Crippen LogP contribution in [0.4, 0.5) is 13.2 Å². The molecule has 4 aliphatic rings. The van der Waals surface area contributed by atoms with Crippen LogP contribution in [0.5, 0.6) is 5.75 Å². The van der Waals surface area contributed by atoms with Crippen LogP contribution in [-0.2, 0) is 36.5 Å². The molecule has 0 bridgehead atoms. The first kappa shape index (κ1) is 30.3. The van der Waals surface area contributed by atoms with E-state index < -0.39 is 99.0 Å². The molecule has 7 unspecified atom stereocenters. The quantitative estimate of drug-likeness (QED) is 0.418. The maximum Gasteiger partial charge on any atom is 0.417 e. The summed E-state index contributed by atoms with van der Waals surface area (Å²) in [6.07, 6.45) is -3.81. The van der Waals surface area contributed by atoms with E-state index in [1.165, 1.54) is 0 Å². The van der Waals surface area contributed by atoms with Crippen LogP contribution in [-0.4, -0.2) is 77.9 Å². The fourth-order valence-electron chi connectivity index (χ4n) is 8.00. The van der Waals surface area contributed by atoms with Crippen LogP contribution >= 0.6 is 0 Å². The number of likely N-dealkylation sites (N-methyl/N-ethyl adjacent to an activating group) is 1. The van der Waals surface area contributed by atoms with Crippen LogP contribution < -0.4 is 11.1 Å². The Hall–Kier alpha value is -3.16. The van der Waals surface area contributed by atoms with Gasteiger partial charge in [-0.05, 0) is 75.4 Å². The summed E-state index contributed by atoms with van der Waals surface area (Å²) in [4.78, 5) is 69.5. The van der Waals surface area contributed by atoms with E-state index in [9.17, 15) is 42.3 Å². The molecule has 42 heavy (non-hydrogen) atoms. The number of Topliss-reactive ketones (excluding diaryl/α,β-unsaturated/α-hetero) is 4. The predicted octanol–water partition coefficient (Wildman–Crippen LogP) is 1.74. The van der Waals surface area contributed by atoms with Gasteiger partial charge in [0.2, 0.25) is 5.91 Å². The van der Waals surface area contributed by atoms with E-state index in [1.807, 2.05) is 6.92 Å². The molecular formula is C29H34F3N3O7. The number of nitrogens with one attached hydrogen (secondary N) is 1. The molecule has 13 heteroatoms. The Morgan fingerprint density at radius 1 is 1.24 bits per heavy atom. The molecule has 0 radical (unpaired) electrons. The molecule has 1 aliphatic heterocycles. The summed E-state index contributed by atoms with van der Waals surface area (Å²) in [5, 5.41) is 13.9. The van der Waals surface area contributed by atoms with Crippen LogP contribution in [0.15, 0.2) is 6.07 Å². The molecule has 0 spiro atoms. The molecule has 10 nitrogen and oxygen atoms in total. The number of aromatic hydroxyl groups is 1. The van der Waals surface area contributed by atoms with Gasteiger partial charge in [0.25, 0.3) is 0 Å². The van der Waals surface area contributed by atoms with Gasteiger partial charge < -0.3 is 20.9 Å². The summed E-state index contributed by atoms with van der Waals surface area (Å²) < 4.78 is 49.6. The number of ether oxygens (including phenoxy) is 1. The maximum absolute atomic E-state index is 14.7. The number of hydrogen-bond donors (Lipinski definition) is 3. The minimum absolute atomic E-state index is 0.163. The number of carbonyl (C=O) groups excluding carboxylic acids is 5. The molecule has 2 saturated carbocycles. The highest BCUT2D eigenvalue weighted by atomic mass is 19.4. The van der Waals surface area contributed by atoms with Gasteiger partial charge in [-0.25, -0.2) is 0 Å². The molecule has 228 valence electrons. The lowest BCUT2D eigenvalue weighted by atomic mass is 9.52. The molecule has 3 aliphatic carbocycles. The number of nitrogens with zero attached hydrogens (tertiary/aromatic N) is 1. The van der Waals surface area contributed by atoms with Gasteiger partial charge in [0.15, 0.2) is 34.7 Å². The van der Waals surface area contributed by atoms with Crippen LogP contribution in [0.1, 0.15) is 65.7 Å². The molecule has 1 heterocycles. The van der Waals surface area contributed by atoms with Gasteiger partial charge in [-0.1, -0.05) is 6.92 Å². The van der Waals surface area contributed by atoms with E-state index >= 15 is 0 Å². The Morgan fingerprint density at radius 2 is 1.93 bits per heavy atom. The summed E-state index contributed by atoms with van der Waals surface area (Å²) in [6.45, 7) is 2.67. The topological polar surface area (TPSA) is 156 Å². The number of ketones is 4. The van der Waals surface area contributed by atoms with Gasteiger partial charge >= 0.3 is 6.18 Å². The first-order valence-corrected chi connectivity index (χ1v) is 14.1. The number of alkyl halides is 3. The van der Waals surface area contributed by atoms with Gasteiger partial charge in [-0.2, -0.15) is 13.2 Å². The van der Waals surface area contributed by atoms with E-state index in [4.69, 9.17) is 10.5 Å². The number of rotatable bonds is 6. The lowest BCUT2D eigenvalue weighted by Crippen LogP contribution is -2.74. The molecule has 5 rings (SSSR count). The number of phenolic OH excluding ortho intramolecular Hbond substituents is 1. The van der Waals surface area contributed by atoms with Crippen molar-refractivity contribution >= 4 is 29.0 Å². The third-order valence-corrected chi connectivity index (χ3v) is 9.60. The van der Waals surface area contributed by atoms with Gasteiger partial charge in [0.1, 0.15) is 5.75 Å². The van der Waals surface area contributed by atoms with Gasteiger partial charge in [-0.15, -0.1) is 0 Å². The average Bonchev–Trinajstić information content (AvgIpc) is 3.42. The maximum atomic E-state index is 14.7. The fraction of sp³-hybridized carbons (Fsp3) is 0.621. The van der Waals surface area contributed by atoms with Crippen molar-refractivity contribution in [3.8, 4) is 5.75 Å². The number of methoxy groups -OCH3 is 1. The van der Waals surface area contributed by atoms with Gasteiger partial charge in [0.05, 0.1) is 23.1 Å². The number of hydrogen-bond acceptors (Lipinski definition) is 9. The van der Waals surface area contributed by atoms with Crippen LogP contribution in [0.3, 0.4) is 0 Å². The van der Waals surface area contributed by atoms with E-state index in [2.05, 4.69) is 5.32 Å². The minimum atomic E-state index is -4.87. The Morgan fingerprint density at radius 3 is 2.48 bits per heavy atom. The second-order valence-corrected chi connectivity index (χ2v) is 11.8. The largest absolute Gasteiger partial charge is 0.507 e. The highest BCUT2D eigenvalue weighted by molar-refractivity contribution is 6.32. The summed E-state index contributed by atoms with van der Waals surface area (Å²) in [5.41, 5.74) is 0.885. The zero-order valence-corrected chi connectivity index (χ0v) is 23.5. The molecule has 1 aromatic rings. The first-order chi connectivity index (χ1) is 19.7. The Kier molecular flexibility index (Phi) is 7.60. The van der Waals surface area contributed by atoms with Crippen LogP contribution in [0, 0.1) is 23.7 Å². The number of primary amides is 1. The highest BCUT2D eigenvalue weighted by Crippen LogP contribution is 2.54. The van der Waals surface area contributed by atoms with Crippen molar-refractivity contribution in [1.82, 2.24) is 10.2 Å². The lowest BCUT2D eigenvalue weighted by molar-refractivity contribution is -0.186. The van der Waals surface area contributed by atoms with E-state index in [0.29, 0.717) is 32.4 Å². The summed E-state index contributed by atoms with van der Waals surface area (Å²) in [5.74, 6) is -11.8. The number of phenols is 1. The summed E-state index contributed by atoms with van der Waals surface area (Å²) in [7, 11) is 2.65. The van der Waals surface area contributed by atoms with Crippen molar-refractivity contribution in [2.75, 3.05) is 27.2 Å². The van der Waals surface area contributed by atoms with Crippen LogP contribution in [0.2, 0.25) is 0 Å². The number of benzene rings is 1. The van der Waals surface area contributed by atoms with Gasteiger partial charge in [-0.3, -0.25) is 28.9 Å². The van der Waals surface area contributed by atoms with Crippen molar-refractivity contribution in [2.24, 2.45) is 29.4 Å². The predicted molar refractivity (Wildman–Crippen MR) is 140 cm³/mol. The third-order valence-electron chi connectivity index (χ3n) is 9.60. The highest BCUT2D eigenvalue weighted by Gasteiger charge is 2.70. The molecule has 0 aromatic heterocycles. The molecule has 3 fully saturated rings. The number of nitrogens with two attached hydrogens (primary N) is 1. The number of carbonyl (C=O) groups is 5. The number of halogens is 3. The van der Waals surface area contributed by atoms with Crippen molar-refractivity contribution in [3.63, 3.8) is 0 Å². The van der Waals surface area contributed by atoms with E-state index in [-0.39, 0.29) is 18.4 Å². The first-order valence-electron chi connectivity index (χ1n) is 14.1. The van der Waals surface area contributed by atoms with Crippen molar-refractivity contribution in [2.45, 2.75) is 62.9 Å². The summed E-state index contributed by atoms with van der Waals surface area (Å²) >= 11 is 0. The smallest absolute Gasteiger partial charge is 0.417 e. The lowest BCUT2D eigenvalue weighted by Gasteiger charge is -2.54. The molecule has 4 N–H and O–H groups in total. The molecule has 7 atom stereocenters. The Bertz CT molecular complexity index is 1370. The van der Waals surface area contributed by atoms with Gasteiger partial charge in [0, 0.05) is 19.1 Å². The minimum Gasteiger partial charge on any atom is -0.507 e. The standard InChI is InChI=1S/C29H34F3N3O7/c1-4-8-35(2)22-15-10-12-9-14-19(17(36)11-13(16-6-5-7-34-16)21(14)29(30,31)32)23(37)18(12)25(39)28(15,42-3)26(40)20(24(22)38)27(33)41/h11-12,15-16,18,20,22,34,36H,4-10H2,1-3H3,(H2,33,41). The third kappa shape index (κ3) is 4.22. The Balaban J connectivity index is 1.70. The second-order valence-electron chi connectivity index (χ2n) is 11.8. The number of amides is 1. The SMILES string of the molecule is CCCN(C)C1C(=O)C(C(N)=O)C(=O)C2(OC)C(=O)C3C(=O)c4c(O)cc(C5CCCN5)c(C(F)(F)F)c4CC3CC12. The normalized spacial score (nSPS) is 33.0. The van der Waals surface area contributed by atoms with E-state index in [0.717, 1.165) is 13.2 Å². The van der Waals surface area contributed by atoms with Crippen molar-refractivity contribution in [1.29, 1.82) is 0 Å². The Labute approximate surface area is 240 Å². The molecule has 1 amide bonds. The zero-order valence-electron chi connectivity index (χ0n) is 23.5.